The Morgan fingerprint density at radius 1 is 1.06 bits per heavy atom. The van der Waals surface area contributed by atoms with Gasteiger partial charge in [0.25, 0.3) is 0 Å². The van der Waals surface area contributed by atoms with Crippen LogP contribution in [0.3, 0.4) is 0 Å². The first-order valence-corrected chi connectivity index (χ1v) is 10.2. The van der Waals surface area contributed by atoms with Crippen molar-refractivity contribution in [3.05, 3.63) is 71.3 Å². The van der Waals surface area contributed by atoms with E-state index in [4.69, 9.17) is 9.84 Å². The summed E-state index contributed by atoms with van der Waals surface area (Å²) in [6.07, 6.45) is 1.11. The third kappa shape index (κ3) is 5.12. The number of alkyl carbamates (subject to hydrolysis) is 1. The predicted molar refractivity (Wildman–Crippen MR) is 117 cm³/mol. The zero-order chi connectivity index (χ0) is 22.4. The van der Waals surface area contributed by atoms with Crippen molar-refractivity contribution in [1.29, 1.82) is 0 Å². The van der Waals surface area contributed by atoms with Gasteiger partial charge in [0.15, 0.2) is 0 Å². The van der Waals surface area contributed by atoms with Gasteiger partial charge in [0, 0.05) is 18.0 Å². The van der Waals surface area contributed by atoms with Gasteiger partial charge in [-0.25, -0.2) is 9.59 Å². The fourth-order valence-electron chi connectivity index (χ4n) is 3.65. The molecule has 3 N–H and O–H groups in total. The van der Waals surface area contributed by atoms with Crippen molar-refractivity contribution in [2.45, 2.75) is 32.2 Å². The highest BCUT2D eigenvalue weighted by Crippen LogP contribution is 2.44. The Labute approximate surface area is 181 Å². The first-order chi connectivity index (χ1) is 14.9. The van der Waals surface area contributed by atoms with Crippen LogP contribution in [0.2, 0.25) is 0 Å². The van der Waals surface area contributed by atoms with Crippen LogP contribution >= 0.6 is 0 Å². The minimum Gasteiger partial charge on any atom is -0.478 e. The van der Waals surface area contributed by atoms with Crippen LogP contribution in [0.4, 0.5) is 4.79 Å². The van der Waals surface area contributed by atoms with Gasteiger partial charge in [-0.3, -0.25) is 4.79 Å². The van der Waals surface area contributed by atoms with Gasteiger partial charge in [-0.1, -0.05) is 61.5 Å². The lowest BCUT2D eigenvalue weighted by Crippen LogP contribution is -2.46. The lowest BCUT2D eigenvalue weighted by atomic mass is 9.98. The van der Waals surface area contributed by atoms with Crippen LogP contribution in [-0.4, -0.2) is 42.3 Å². The van der Waals surface area contributed by atoms with Crippen LogP contribution in [0.5, 0.6) is 0 Å². The summed E-state index contributed by atoms with van der Waals surface area (Å²) >= 11 is 0. The van der Waals surface area contributed by atoms with Crippen molar-refractivity contribution >= 4 is 18.0 Å². The van der Waals surface area contributed by atoms with Gasteiger partial charge in [-0.15, -0.1) is 0 Å². The van der Waals surface area contributed by atoms with Crippen molar-refractivity contribution in [3.63, 3.8) is 0 Å². The highest BCUT2D eigenvalue weighted by Gasteiger charge is 2.29. The maximum Gasteiger partial charge on any atom is 0.407 e. The third-order valence-electron chi connectivity index (χ3n) is 5.38. The smallest absolute Gasteiger partial charge is 0.407 e. The molecule has 0 heterocycles. The van der Waals surface area contributed by atoms with E-state index in [1.807, 2.05) is 36.4 Å². The van der Waals surface area contributed by atoms with Crippen LogP contribution in [0.15, 0.2) is 60.2 Å². The van der Waals surface area contributed by atoms with Crippen molar-refractivity contribution < 1.29 is 24.2 Å². The average molecular weight is 422 g/mol. The molecular weight excluding hydrogens is 396 g/mol. The first kappa shape index (κ1) is 22.1. The zero-order valence-electron chi connectivity index (χ0n) is 17.6. The number of carboxylic acid groups (broad SMARTS) is 1. The summed E-state index contributed by atoms with van der Waals surface area (Å²) in [4.78, 5) is 35.4. The standard InChI is InChI=1S/C24H26N2O5/c1-3-21(22(27)25-13-12-15(2)23(28)29)26-24(30)31-14-20-18-10-6-4-8-16(18)17-9-5-7-11-19(17)20/h4-12,20-21H,3,13-14H2,1-2H3,(H,25,27)(H,26,30)(H,28,29)/b15-12+/t21-/m0/s1. The van der Waals surface area contributed by atoms with E-state index in [2.05, 4.69) is 22.8 Å². The minimum absolute atomic E-state index is 0.0591. The van der Waals surface area contributed by atoms with Crippen molar-refractivity contribution in [2.24, 2.45) is 0 Å². The van der Waals surface area contributed by atoms with E-state index in [0.717, 1.165) is 22.3 Å². The Bertz CT molecular complexity index is 969. The number of hydrogen-bond acceptors (Lipinski definition) is 4. The van der Waals surface area contributed by atoms with Crippen LogP contribution in [0.25, 0.3) is 11.1 Å². The van der Waals surface area contributed by atoms with E-state index >= 15 is 0 Å². The molecule has 7 nitrogen and oxygen atoms in total. The Morgan fingerprint density at radius 2 is 1.65 bits per heavy atom. The van der Waals surface area contributed by atoms with Gasteiger partial charge < -0.3 is 20.5 Å². The molecule has 162 valence electrons. The van der Waals surface area contributed by atoms with Crippen LogP contribution in [0.1, 0.15) is 37.3 Å². The number of nitrogens with one attached hydrogen (secondary N) is 2. The van der Waals surface area contributed by atoms with E-state index in [-0.39, 0.29) is 24.6 Å². The lowest BCUT2D eigenvalue weighted by molar-refractivity contribution is -0.132. The van der Waals surface area contributed by atoms with Gasteiger partial charge in [0.05, 0.1) is 0 Å². The Morgan fingerprint density at radius 3 is 2.19 bits per heavy atom. The summed E-state index contributed by atoms with van der Waals surface area (Å²) in [5, 5.41) is 14.0. The molecular formula is C24H26N2O5. The zero-order valence-corrected chi connectivity index (χ0v) is 17.6. The lowest BCUT2D eigenvalue weighted by Gasteiger charge is -2.18. The van der Waals surface area contributed by atoms with E-state index in [0.29, 0.717) is 6.42 Å². The molecule has 0 bridgehead atoms. The fraction of sp³-hybridized carbons (Fsp3) is 0.292. The molecule has 0 aromatic heterocycles. The number of benzene rings is 2. The number of fused-ring (bicyclic) bond motifs is 3. The Kier molecular flexibility index (Phi) is 7.07. The summed E-state index contributed by atoms with van der Waals surface area (Å²) in [5.74, 6) is -1.50. The predicted octanol–water partition coefficient (Wildman–Crippen LogP) is 3.45. The van der Waals surface area contributed by atoms with Gasteiger partial charge in [0.2, 0.25) is 5.91 Å². The monoisotopic (exact) mass is 422 g/mol. The number of hydrogen-bond donors (Lipinski definition) is 3. The van der Waals surface area contributed by atoms with Gasteiger partial charge in [0.1, 0.15) is 12.6 Å². The number of aliphatic carboxylic acids is 1. The second kappa shape index (κ2) is 9.93. The molecule has 1 aliphatic carbocycles. The second-order valence-corrected chi connectivity index (χ2v) is 7.37. The molecule has 1 aliphatic rings. The number of carbonyl (C=O) groups excluding carboxylic acids is 2. The number of carboxylic acids is 1. The molecule has 0 fully saturated rings. The molecule has 7 heteroatoms. The normalized spacial score (nSPS) is 13.7. The average Bonchev–Trinajstić information content (AvgIpc) is 3.09. The molecule has 2 aromatic rings. The Hall–Kier alpha value is -3.61. The van der Waals surface area contributed by atoms with E-state index in [1.165, 1.54) is 13.0 Å². The highest BCUT2D eigenvalue weighted by atomic mass is 16.5. The molecule has 2 aromatic carbocycles. The van der Waals surface area contributed by atoms with Crippen LogP contribution in [0, 0.1) is 0 Å². The quantitative estimate of drug-likeness (QED) is 0.565. The van der Waals surface area contributed by atoms with Gasteiger partial charge in [-0.05, 0) is 35.6 Å². The number of amides is 2. The summed E-state index contributed by atoms with van der Waals surface area (Å²) in [6, 6.07) is 15.3. The summed E-state index contributed by atoms with van der Waals surface area (Å²) in [5.41, 5.74) is 4.65. The maximum absolute atomic E-state index is 12.4. The van der Waals surface area contributed by atoms with Crippen molar-refractivity contribution in [3.8, 4) is 11.1 Å². The highest BCUT2D eigenvalue weighted by molar-refractivity contribution is 5.87. The first-order valence-electron chi connectivity index (χ1n) is 10.2. The maximum atomic E-state index is 12.4. The topological polar surface area (TPSA) is 105 Å². The molecule has 2 amide bonds. The van der Waals surface area contributed by atoms with E-state index in [9.17, 15) is 14.4 Å². The molecule has 0 saturated heterocycles. The van der Waals surface area contributed by atoms with Crippen molar-refractivity contribution in [2.75, 3.05) is 13.2 Å². The molecule has 3 rings (SSSR count). The van der Waals surface area contributed by atoms with Crippen molar-refractivity contribution in [1.82, 2.24) is 10.6 Å². The summed E-state index contributed by atoms with van der Waals surface area (Å²) in [7, 11) is 0. The van der Waals surface area contributed by atoms with Gasteiger partial charge >= 0.3 is 12.1 Å². The Balaban J connectivity index is 1.57. The summed E-state index contributed by atoms with van der Waals surface area (Å²) < 4.78 is 5.48. The van der Waals surface area contributed by atoms with E-state index in [1.54, 1.807) is 6.92 Å². The second-order valence-electron chi connectivity index (χ2n) is 7.37. The molecule has 0 unspecified atom stereocenters. The SMILES string of the molecule is CC[C@H](NC(=O)OCC1c2ccccc2-c2ccccc21)C(=O)NC/C=C(\C)C(=O)O. The molecule has 0 aliphatic heterocycles. The molecule has 31 heavy (non-hydrogen) atoms. The number of carbonyl (C=O) groups is 3. The fourth-order valence-corrected chi connectivity index (χ4v) is 3.65. The molecule has 0 spiro atoms. The molecule has 1 atom stereocenters. The molecule has 0 radical (unpaired) electrons. The van der Waals surface area contributed by atoms with Crippen LogP contribution in [-0.2, 0) is 14.3 Å². The molecule has 0 saturated carbocycles. The van der Waals surface area contributed by atoms with Gasteiger partial charge in [-0.2, -0.15) is 0 Å². The number of rotatable bonds is 8. The number of ether oxygens (including phenoxy) is 1. The minimum atomic E-state index is -1.04. The largest absolute Gasteiger partial charge is 0.478 e. The van der Waals surface area contributed by atoms with Crippen LogP contribution < -0.4 is 10.6 Å². The van der Waals surface area contributed by atoms with E-state index < -0.39 is 24.0 Å². The summed E-state index contributed by atoms with van der Waals surface area (Å²) in [6.45, 7) is 3.45. The third-order valence-corrected chi connectivity index (χ3v) is 5.38.